The molecule has 2 fully saturated rings. The molecule has 3 amide bonds. The van der Waals surface area contributed by atoms with Gasteiger partial charge in [-0.05, 0) is 49.2 Å². The van der Waals surface area contributed by atoms with Crippen LogP contribution in [0.1, 0.15) is 17.5 Å². The van der Waals surface area contributed by atoms with Crippen molar-refractivity contribution in [2.45, 2.75) is 26.3 Å². The molecule has 1 N–H and O–H groups in total. The van der Waals surface area contributed by atoms with Crippen LogP contribution in [-0.4, -0.2) is 55.6 Å². The molecule has 6 nitrogen and oxygen atoms in total. The van der Waals surface area contributed by atoms with Gasteiger partial charge in [0, 0.05) is 44.8 Å². The van der Waals surface area contributed by atoms with Gasteiger partial charge in [-0.25, -0.2) is 4.79 Å². The number of nitrogens with zero attached hydrogens (tertiary/aromatic N) is 3. The summed E-state index contributed by atoms with van der Waals surface area (Å²) in [6.45, 7) is 7.31. The lowest BCUT2D eigenvalue weighted by molar-refractivity contribution is -0.117. The van der Waals surface area contributed by atoms with Crippen molar-refractivity contribution in [2.75, 3.05) is 42.5 Å². The van der Waals surface area contributed by atoms with Crippen molar-refractivity contribution >= 4 is 34.9 Å². The maximum Gasteiger partial charge on any atom is 0.317 e. The third-order valence-electron chi connectivity index (χ3n) is 6.01. The van der Waals surface area contributed by atoms with E-state index in [1.54, 1.807) is 4.90 Å². The number of amides is 3. The Labute approximate surface area is 182 Å². The molecule has 2 aliphatic rings. The van der Waals surface area contributed by atoms with Gasteiger partial charge in [-0.15, -0.1) is 0 Å². The minimum absolute atomic E-state index is 0.0482. The van der Waals surface area contributed by atoms with Crippen molar-refractivity contribution in [1.29, 1.82) is 0 Å². The van der Waals surface area contributed by atoms with Crippen LogP contribution in [0.2, 0.25) is 5.02 Å². The molecule has 2 aromatic rings. The quantitative estimate of drug-likeness (QED) is 0.815. The highest BCUT2D eigenvalue weighted by atomic mass is 35.5. The molecule has 4 rings (SSSR count). The van der Waals surface area contributed by atoms with Crippen molar-refractivity contribution in [3.8, 4) is 0 Å². The van der Waals surface area contributed by atoms with Crippen molar-refractivity contribution in [3.63, 3.8) is 0 Å². The van der Waals surface area contributed by atoms with Crippen LogP contribution in [0.15, 0.2) is 42.5 Å². The average Bonchev–Trinajstić information content (AvgIpc) is 3.10. The number of piperazine rings is 1. The van der Waals surface area contributed by atoms with E-state index in [0.29, 0.717) is 26.1 Å². The number of hydrogen-bond acceptors (Lipinski definition) is 3. The average molecular weight is 427 g/mol. The molecule has 0 aliphatic carbocycles. The Kier molecular flexibility index (Phi) is 5.86. The Morgan fingerprint density at radius 2 is 1.77 bits per heavy atom. The van der Waals surface area contributed by atoms with Gasteiger partial charge in [0.15, 0.2) is 0 Å². The number of halogens is 1. The summed E-state index contributed by atoms with van der Waals surface area (Å²) in [7, 11) is 0. The van der Waals surface area contributed by atoms with Gasteiger partial charge in [-0.2, -0.15) is 0 Å². The van der Waals surface area contributed by atoms with E-state index in [1.807, 2.05) is 54.3 Å². The molecular weight excluding hydrogens is 400 g/mol. The second-order valence-electron chi connectivity index (χ2n) is 8.05. The van der Waals surface area contributed by atoms with Crippen molar-refractivity contribution < 1.29 is 9.59 Å². The lowest BCUT2D eigenvalue weighted by Gasteiger charge is -2.36. The van der Waals surface area contributed by atoms with Gasteiger partial charge in [0.05, 0.1) is 16.8 Å². The summed E-state index contributed by atoms with van der Waals surface area (Å²) in [6, 6.07) is 13.5. The molecule has 0 bridgehead atoms. The molecule has 158 valence electrons. The van der Waals surface area contributed by atoms with E-state index in [4.69, 9.17) is 11.6 Å². The first-order chi connectivity index (χ1) is 14.4. The second-order valence-corrected chi connectivity index (χ2v) is 8.46. The van der Waals surface area contributed by atoms with E-state index >= 15 is 0 Å². The molecule has 0 aromatic heterocycles. The molecule has 1 unspecified atom stereocenters. The van der Waals surface area contributed by atoms with Crippen LogP contribution in [0.3, 0.4) is 0 Å². The van der Waals surface area contributed by atoms with Gasteiger partial charge in [0.25, 0.3) is 0 Å². The smallest absolute Gasteiger partial charge is 0.317 e. The number of urea groups is 1. The number of hydrogen-bond donors (Lipinski definition) is 1. The number of benzene rings is 2. The zero-order valence-corrected chi connectivity index (χ0v) is 18.2. The van der Waals surface area contributed by atoms with E-state index in [9.17, 15) is 9.59 Å². The molecular formula is C23H27ClN4O2. The van der Waals surface area contributed by atoms with Gasteiger partial charge >= 0.3 is 6.03 Å². The van der Waals surface area contributed by atoms with Crippen LogP contribution in [0, 0.1) is 13.8 Å². The van der Waals surface area contributed by atoms with Crippen molar-refractivity contribution in [2.24, 2.45) is 0 Å². The van der Waals surface area contributed by atoms with E-state index in [-0.39, 0.29) is 18.0 Å². The van der Waals surface area contributed by atoms with Crippen LogP contribution in [0.4, 0.5) is 16.2 Å². The normalized spacial score (nSPS) is 19.4. The van der Waals surface area contributed by atoms with Crippen LogP contribution < -0.4 is 15.1 Å². The Bertz CT molecular complexity index is 956. The molecule has 2 saturated heterocycles. The predicted octanol–water partition coefficient (Wildman–Crippen LogP) is 3.59. The number of carbonyl (C=O) groups excluding carboxylic acids is 2. The minimum atomic E-state index is -0.173. The van der Waals surface area contributed by atoms with Crippen LogP contribution in [0.5, 0.6) is 0 Å². The summed E-state index contributed by atoms with van der Waals surface area (Å²) in [6.07, 6.45) is 0.332. The SMILES string of the molecule is Cc1ccc(N2CC(NC(=O)N3CCN(c4ccccc4Cl)CC3)CC2=O)cc1C. The maximum absolute atomic E-state index is 12.8. The van der Waals surface area contributed by atoms with Crippen LogP contribution in [0.25, 0.3) is 0 Å². The number of carbonyl (C=O) groups is 2. The first-order valence-corrected chi connectivity index (χ1v) is 10.7. The van der Waals surface area contributed by atoms with E-state index in [0.717, 1.165) is 35.1 Å². The summed E-state index contributed by atoms with van der Waals surface area (Å²) in [5.41, 5.74) is 4.26. The molecule has 0 radical (unpaired) electrons. The standard InChI is InChI=1S/C23H27ClN4O2/c1-16-7-8-19(13-17(16)2)28-15-18(14-22(28)29)25-23(30)27-11-9-26(10-12-27)21-6-4-3-5-20(21)24/h3-8,13,18H,9-12,14-15H2,1-2H3,(H,25,30). The number of nitrogens with one attached hydrogen (secondary N) is 1. The van der Waals surface area contributed by atoms with Crippen LogP contribution in [-0.2, 0) is 4.79 Å². The van der Waals surface area contributed by atoms with E-state index in [1.165, 1.54) is 5.56 Å². The lowest BCUT2D eigenvalue weighted by Crippen LogP contribution is -2.54. The highest BCUT2D eigenvalue weighted by Crippen LogP contribution is 2.27. The third-order valence-corrected chi connectivity index (χ3v) is 6.33. The Hall–Kier alpha value is -2.73. The van der Waals surface area contributed by atoms with Gasteiger partial charge in [0.2, 0.25) is 5.91 Å². The Morgan fingerprint density at radius 3 is 2.47 bits per heavy atom. The molecule has 1 atom stereocenters. The second kappa shape index (κ2) is 8.56. The molecule has 2 heterocycles. The monoisotopic (exact) mass is 426 g/mol. The molecule has 0 spiro atoms. The molecule has 30 heavy (non-hydrogen) atoms. The van der Waals surface area contributed by atoms with Gasteiger partial charge < -0.3 is 20.0 Å². The zero-order chi connectivity index (χ0) is 21.3. The van der Waals surface area contributed by atoms with Gasteiger partial charge in [-0.3, -0.25) is 4.79 Å². The summed E-state index contributed by atoms with van der Waals surface area (Å²) < 4.78 is 0. The molecule has 2 aromatic carbocycles. The molecule has 7 heteroatoms. The van der Waals surface area contributed by atoms with Crippen molar-refractivity contribution in [3.05, 3.63) is 58.6 Å². The summed E-state index contributed by atoms with van der Waals surface area (Å²) >= 11 is 6.29. The fourth-order valence-corrected chi connectivity index (χ4v) is 4.33. The largest absolute Gasteiger partial charge is 0.367 e. The van der Waals surface area contributed by atoms with Crippen LogP contribution >= 0.6 is 11.6 Å². The number of para-hydroxylation sites is 1. The number of anilines is 2. The highest BCUT2D eigenvalue weighted by Gasteiger charge is 2.33. The minimum Gasteiger partial charge on any atom is -0.367 e. The lowest BCUT2D eigenvalue weighted by atomic mass is 10.1. The van der Waals surface area contributed by atoms with E-state index in [2.05, 4.69) is 17.1 Å². The topological polar surface area (TPSA) is 55.9 Å². The summed E-state index contributed by atoms with van der Waals surface area (Å²) in [4.78, 5) is 31.1. The number of rotatable bonds is 3. The molecule has 0 saturated carbocycles. The van der Waals surface area contributed by atoms with Gasteiger partial charge in [-0.1, -0.05) is 29.8 Å². The van der Waals surface area contributed by atoms with Crippen molar-refractivity contribution in [1.82, 2.24) is 10.2 Å². The Morgan fingerprint density at radius 1 is 1.03 bits per heavy atom. The van der Waals surface area contributed by atoms with E-state index < -0.39 is 0 Å². The third kappa shape index (κ3) is 4.24. The summed E-state index contributed by atoms with van der Waals surface area (Å²) in [5.74, 6) is 0.0482. The first kappa shape index (κ1) is 20.5. The highest BCUT2D eigenvalue weighted by molar-refractivity contribution is 6.33. The maximum atomic E-state index is 12.8. The Balaban J connectivity index is 1.32. The van der Waals surface area contributed by atoms with Gasteiger partial charge in [0.1, 0.15) is 0 Å². The number of aryl methyl sites for hydroxylation is 2. The fraction of sp³-hybridized carbons (Fsp3) is 0.391. The zero-order valence-electron chi connectivity index (χ0n) is 17.4. The fourth-order valence-electron chi connectivity index (χ4n) is 4.07. The summed E-state index contributed by atoms with van der Waals surface area (Å²) in [5, 5.41) is 3.78. The first-order valence-electron chi connectivity index (χ1n) is 10.3. The molecule has 2 aliphatic heterocycles. The predicted molar refractivity (Wildman–Crippen MR) is 120 cm³/mol.